The number of hydrazine groups is 3. The van der Waals surface area contributed by atoms with Crippen LogP contribution in [0.15, 0.2) is 0 Å². The number of amides is 20. The van der Waals surface area contributed by atoms with Crippen LogP contribution in [0.25, 0.3) is 0 Å². The third-order valence-electron chi connectivity index (χ3n) is 15.6. The van der Waals surface area contributed by atoms with Gasteiger partial charge in [0.1, 0.15) is 45.8 Å². The summed E-state index contributed by atoms with van der Waals surface area (Å²) in [5.74, 6) is 0. The Balaban J connectivity index is 0.000000121. The lowest BCUT2D eigenvalue weighted by Crippen LogP contribution is -2.62. The van der Waals surface area contributed by atoms with E-state index in [1.807, 2.05) is 6.79 Å². The van der Waals surface area contributed by atoms with Gasteiger partial charge in [-0.2, -0.15) is 0 Å². The highest BCUT2D eigenvalue weighted by molar-refractivity contribution is 5.90. The number of hydrogen-bond donors (Lipinski definition) is 8. The number of nitrogens with one attached hydrogen (secondary N) is 8. The Morgan fingerprint density at radius 1 is 0.338 bits per heavy atom. The second-order valence-electron chi connectivity index (χ2n) is 19.4. The topological polar surface area (TPSA) is 416 Å². The van der Waals surface area contributed by atoms with Gasteiger partial charge in [-0.3, -0.25) is 80.1 Å². The largest absolute Gasteiger partial charge is 0.483 e. The zero-order valence-corrected chi connectivity index (χ0v) is 39.7. The van der Waals surface area contributed by atoms with Crippen molar-refractivity contribution in [3.05, 3.63) is 19.6 Å². The fraction of sp³-hybridized carbons (Fsp3) is 0.676. The molecule has 0 aliphatic carbocycles. The molecule has 4 atom stereocenters. The van der Waals surface area contributed by atoms with Gasteiger partial charge in [0.25, 0.3) is 12.8 Å². The minimum Gasteiger partial charge on any atom is -0.314 e. The van der Waals surface area contributed by atoms with E-state index in [9.17, 15) is 67.6 Å². The van der Waals surface area contributed by atoms with Gasteiger partial charge in [-0.25, -0.2) is 52.8 Å². The van der Waals surface area contributed by atoms with Gasteiger partial charge in [0.05, 0.1) is 46.2 Å². The van der Waals surface area contributed by atoms with E-state index >= 15 is 0 Å². The van der Waals surface area contributed by atoms with Crippen molar-refractivity contribution in [3.8, 4) is 0 Å². The fourth-order valence-corrected chi connectivity index (χ4v) is 12.6. The summed E-state index contributed by atoms with van der Waals surface area (Å²) in [5.41, 5.74) is 0. The van der Waals surface area contributed by atoms with Crippen LogP contribution < -0.4 is 42.5 Å². The fourth-order valence-electron chi connectivity index (χ4n) is 12.6. The van der Waals surface area contributed by atoms with Crippen LogP contribution in [0, 0.1) is 19.6 Å². The van der Waals surface area contributed by atoms with Crippen LogP contribution in [-0.2, 0) is 4.79 Å². The van der Waals surface area contributed by atoms with Crippen molar-refractivity contribution in [2.75, 3.05) is 86.7 Å². The maximum atomic E-state index is 13.4. The lowest BCUT2D eigenvalue weighted by molar-refractivity contribution is -0.908. The van der Waals surface area contributed by atoms with Gasteiger partial charge in [-0.15, -0.1) is 0 Å². The number of carbonyl (C=O) groups is 11. The average molecular weight is 1090 g/mol. The Labute approximate surface area is 428 Å². The summed E-state index contributed by atoms with van der Waals surface area (Å²) in [6.07, 6.45) is -7.52. The molecule has 0 bridgehead atoms. The number of rotatable bonds is 0. The van der Waals surface area contributed by atoms with Crippen molar-refractivity contribution in [1.29, 1.82) is 0 Å². The summed E-state index contributed by atoms with van der Waals surface area (Å²) in [5, 5.41) is 24.8. The summed E-state index contributed by atoms with van der Waals surface area (Å²) in [6, 6.07) is -4.71. The number of nitrogens with zero attached hydrogens (tertiary/aromatic N) is 20. The number of urea groups is 10. The van der Waals surface area contributed by atoms with Crippen LogP contribution in [-0.4, -0.2) is 314 Å². The van der Waals surface area contributed by atoms with Crippen LogP contribution >= 0.6 is 0 Å². The minimum atomic E-state index is -1.30. The molecule has 8 N–H and O–H groups in total. The van der Waals surface area contributed by atoms with E-state index in [-0.39, 0.29) is 103 Å². The zero-order chi connectivity index (χ0) is 53.9. The SMILES string of the molecule is C=O.O=C1N2CN3C(=O)N4C5C3N(CN3C(=O)N6C(C23)N1C[N+](=O)C[N+]6=O)C(=O)N5[N+](=O)C[N+]4=O.O=C1N2CNCNCN3C(=O)N4CN5C(=O)N6CNCNCN7C(=O)N(CN1C4C23)C5C76.O=C1NC2NC(=O)NC2N1. The third-order valence-corrected chi connectivity index (χ3v) is 15.6. The second-order valence-corrected chi connectivity index (χ2v) is 19.4. The maximum Gasteiger partial charge on any atom is 0.483 e. The van der Waals surface area contributed by atoms with Crippen LogP contribution in [0.4, 0.5) is 47.9 Å². The molecule has 77 heavy (non-hydrogen) atoms. The molecular weight excluding hydrogens is 1040 g/mol. The summed E-state index contributed by atoms with van der Waals surface area (Å²) in [6.45, 7) is 1.07. The Hall–Kier alpha value is -9.39. The van der Waals surface area contributed by atoms with Crippen LogP contribution in [0.2, 0.25) is 0 Å². The Morgan fingerprint density at radius 3 is 0.974 bits per heavy atom. The predicted molar refractivity (Wildman–Crippen MR) is 231 cm³/mol. The number of nitroso groups, excluding NO2 is 4. The molecule has 0 radical (unpaired) electrons. The van der Waals surface area contributed by atoms with Gasteiger partial charge in [0, 0.05) is 18.2 Å². The highest BCUT2D eigenvalue weighted by Gasteiger charge is 2.78. The van der Waals surface area contributed by atoms with Crippen LogP contribution in [0.1, 0.15) is 0 Å². The van der Waals surface area contributed by atoms with E-state index < -0.39 is 107 Å². The molecule has 16 aliphatic rings. The highest BCUT2D eigenvalue weighted by Crippen LogP contribution is 2.45. The first-order chi connectivity index (χ1) is 37.0. The lowest BCUT2D eigenvalue weighted by atomic mass is 10.3. The standard InChI is InChI=1S/C16H24N12O4.C13H14N12O8.C4H6N4O2.CH2O/c29-13-21-3-17-1-18-4-22-9(21)11-25(13)7-27-12-10-23(15(27)31)5-19-2-20-6-24(10)16(32)28(12)8-26(11)14(22)30;26-10-15-1-14(30)2-20(31)23-8(15)6-16(10)3-18-7-9-24(12(18)28)21(32)5-22(33)25(9)13(29)19(7)4-17(6)11(23)27;9-3-5-1-2(7-3)8-4(10)6-1;1-2/h9-12,17-20H,1-8H2;6-9H,1-5H2;1-2H,(H2,5,7,9)(H2,6,8,10);1H2/q;+4;;. The number of carbonyl (C=O) groups excluding carboxylic acids is 11. The Kier molecular flexibility index (Phi) is 10.2. The van der Waals surface area contributed by atoms with E-state index in [0.717, 1.165) is 39.5 Å². The smallest absolute Gasteiger partial charge is 0.314 e. The second kappa shape index (κ2) is 16.6. The quantitative estimate of drug-likeness (QED) is 0.104. The first kappa shape index (κ1) is 47.3. The van der Waals surface area contributed by atoms with Gasteiger partial charge < -0.3 is 26.1 Å². The Morgan fingerprint density at radius 2 is 0.610 bits per heavy atom. The molecule has 0 aromatic rings. The van der Waals surface area contributed by atoms with Crippen molar-refractivity contribution < 1.29 is 72.1 Å². The van der Waals surface area contributed by atoms with E-state index in [0.29, 0.717) is 18.1 Å². The molecular formula is C34H46N28O15+4. The summed E-state index contributed by atoms with van der Waals surface area (Å²) in [4.78, 5) is 204. The lowest BCUT2D eigenvalue weighted by Gasteiger charge is -2.41. The molecule has 0 aromatic heterocycles. The summed E-state index contributed by atoms with van der Waals surface area (Å²) >= 11 is 0. The van der Waals surface area contributed by atoms with Crippen molar-refractivity contribution in [2.45, 2.75) is 61.7 Å². The molecule has 16 rings (SSSR count). The molecule has 16 fully saturated rings. The van der Waals surface area contributed by atoms with Gasteiger partial charge in [-0.1, -0.05) is 0 Å². The molecule has 0 spiro atoms. The maximum absolute atomic E-state index is 13.4. The van der Waals surface area contributed by atoms with E-state index in [2.05, 4.69) is 42.5 Å². The summed E-state index contributed by atoms with van der Waals surface area (Å²) < 4.78 is 0.320. The van der Waals surface area contributed by atoms with Crippen molar-refractivity contribution in [2.24, 2.45) is 0 Å². The molecule has 4 unspecified atom stereocenters. The first-order valence-electron chi connectivity index (χ1n) is 23.7. The number of fused-ring (bicyclic) bond motifs is 1. The molecule has 0 saturated carbocycles. The molecule has 408 valence electrons. The highest BCUT2D eigenvalue weighted by atomic mass is 16.4. The molecule has 43 nitrogen and oxygen atoms in total. The Bertz CT molecular complexity index is 2660. The van der Waals surface area contributed by atoms with Gasteiger partial charge >= 0.3 is 73.6 Å². The zero-order valence-electron chi connectivity index (χ0n) is 39.7. The minimum absolute atomic E-state index is 0.00307. The molecule has 43 heteroatoms. The molecule has 20 amide bonds. The van der Waals surface area contributed by atoms with Crippen molar-refractivity contribution in [1.82, 2.24) is 121 Å². The van der Waals surface area contributed by atoms with Crippen molar-refractivity contribution >= 4 is 67.1 Å². The third kappa shape index (κ3) is 6.27. The average Bonchev–Trinajstić information content (AvgIpc) is 4.42. The van der Waals surface area contributed by atoms with Crippen LogP contribution in [0.3, 0.4) is 0 Å². The predicted octanol–water partition coefficient (Wildman–Crippen LogP) is -8.69. The molecule has 16 aliphatic heterocycles. The van der Waals surface area contributed by atoms with Gasteiger partial charge in [-0.05, 0) is 15.0 Å². The normalized spacial score (nSPS) is 34.6. The van der Waals surface area contributed by atoms with E-state index in [1.54, 1.807) is 39.2 Å². The van der Waals surface area contributed by atoms with Gasteiger partial charge in [0.15, 0.2) is 37.0 Å². The first-order valence-corrected chi connectivity index (χ1v) is 23.7. The monoisotopic (exact) mass is 1090 g/mol. The van der Waals surface area contributed by atoms with Gasteiger partial charge in [0.2, 0.25) is 20.8 Å². The van der Waals surface area contributed by atoms with Crippen molar-refractivity contribution in [3.63, 3.8) is 0 Å². The molecule has 0 aromatic carbocycles. The van der Waals surface area contributed by atoms with E-state index in [1.165, 1.54) is 0 Å². The number of hydrogen-bond acceptors (Lipinski definition) is 19. The molecule has 16 saturated heterocycles. The summed E-state index contributed by atoms with van der Waals surface area (Å²) in [7, 11) is 0. The van der Waals surface area contributed by atoms with E-state index in [4.69, 9.17) is 4.79 Å². The molecule has 16 heterocycles. The van der Waals surface area contributed by atoms with Crippen LogP contribution in [0.5, 0.6) is 0 Å².